The third-order valence-corrected chi connectivity index (χ3v) is 6.08. The minimum absolute atomic E-state index is 0.0278. The van der Waals surface area contributed by atoms with Gasteiger partial charge in [0.1, 0.15) is 23.2 Å². The zero-order valence-electron chi connectivity index (χ0n) is 18.8. The first-order chi connectivity index (χ1) is 15.4. The van der Waals surface area contributed by atoms with Gasteiger partial charge in [-0.25, -0.2) is 4.79 Å². The van der Waals surface area contributed by atoms with E-state index < -0.39 is 5.97 Å². The van der Waals surface area contributed by atoms with Crippen LogP contribution in [0.4, 0.5) is 0 Å². The fourth-order valence-corrected chi connectivity index (χ4v) is 4.32. The molecule has 1 unspecified atom stereocenters. The van der Waals surface area contributed by atoms with E-state index >= 15 is 0 Å². The zero-order chi connectivity index (χ0) is 23.0. The standard InChI is InChI=1S/C24H28ClNO6/c1-13(2)22-16-10-17(24(28)30-4)23(27)26(14-6-7-14)21(16)15-11-18(25)20(12-19(15)32-22)31-9-5-8-29-3/h10-14,22H,5-9H2,1-4H3. The quantitative estimate of drug-likeness (QED) is 0.415. The number of hydrogen-bond acceptors (Lipinski definition) is 6. The molecule has 1 atom stereocenters. The normalized spacial score (nSPS) is 16.9. The van der Waals surface area contributed by atoms with Crippen molar-refractivity contribution in [1.29, 1.82) is 0 Å². The average molecular weight is 462 g/mol. The van der Waals surface area contributed by atoms with Gasteiger partial charge >= 0.3 is 5.97 Å². The number of carbonyl (C=O) groups excluding carboxylic acids is 1. The van der Waals surface area contributed by atoms with Crippen LogP contribution in [0.2, 0.25) is 5.02 Å². The van der Waals surface area contributed by atoms with Crippen LogP contribution in [-0.4, -0.2) is 38.0 Å². The fraction of sp³-hybridized carbons (Fsp3) is 0.500. The van der Waals surface area contributed by atoms with Crippen molar-refractivity contribution in [3.63, 3.8) is 0 Å². The summed E-state index contributed by atoms with van der Waals surface area (Å²) in [6.07, 6.45) is 2.16. The second-order valence-corrected chi connectivity index (χ2v) is 8.92. The number of esters is 1. The molecule has 172 valence electrons. The lowest BCUT2D eigenvalue weighted by Crippen LogP contribution is -2.32. The number of benzene rings is 1. The Morgan fingerprint density at radius 3 is 2.59 bits per heavy atom. The van der Waals surface area contributed by atoms with Gasteiger partial charge in [0.05, 0.1) is 24.4 Å². The molecule has 4 rings (SSSR count). The highest BCUT2D eigenvalue weighted by molar-refractivity contribution is 6.32. The Hall–Kier alpha value is -2.51. The van der Waals surface area contributed by atoms with Crippen molar-refractivity contribution in [2.24, 2.45) is 5.92 Å². The Morgan fingerprint density at radius 1 is 1.22 bits per heavy atom. The molecule has 2 aromatic rings. The van der Waals surface area contributed by atoms with Gasteiger partial charge in [-0.15, -0.1) is 0 Å². The van der Waals surface area contributed by atoms with Gasteiger partial charge in [-0.3, -0.25) is 4.79 Å². The molecule has 2 heterocycles. The molecule has 32 heavy (non-hydrogen) atoms. The molecule has 0 radical (unpaired) electrons. The van der Waals surface area contributed by atoms with Crippen LogP contribution in [0.25, 0.3) is 11.3 Å². The summed E-state index contributed by atoms with van der Waals surface area (Å²) in [6.45, 7) is 5.15. The molecule has 1 fully saturated rings. The molecule has 8 heteroatoms. The van der Waals surface area contributed by atoms with Crippen LogP contribution in [0.5, 0.6) is 11.5 Å². The van der Waals surface area contributed by atoms with Crippen LogP contribution in [0.1, 0.15) is 61.2 Å². The van der Waals surface area contributed by atoms with Crippen molar-refractivity contribution in [3.05, 3.63) is 44.7 Å². The van der Waals surface area contributed by atoms with Crippen LogP contribution in [0, 0.1) is 5.92 Å². The number of halogens is 1. The fourth-order valence-electron chi connectivity index (χ4n) is 4.10. The Balaban J connectivity index is 1.88. The Kier molecular flexibility index (Phi) is 6.49. The van der Waals surface area contributed by atoms with Gasteiger partial charge in [0.2, 0.25) is 0 Å². The van der Waals surface area contributed by atoms with E-state index in [1.54, 1.807) is 29.9 Å². The van der Waals surface area contributed by atoms with Gasteiger partial charge in [0, 0.05) is 43.4 Å². The SMILES string of the molecule is COCCCOc1cc2c(cc1Cl)-c1c(cc(C(=O)OC)c(=O)n1C1CC1)C(C(C)C)O2. The van der Waals surface area contributed by atoms with E-state index in [1.807, 2.05) is 13.8 Å². The van der Waals surface area contributed by atoms with Crippen molar-refractivity contribution in [1.82, 2.24) is 4.57 Å². The molecular weight excluding hydrogens is 434 g/mol. The van der Waals surface area contributed by atoms with Crippen molar-refractivity contribution in [3.8, 4) is 22.8 Å². The molecule has 0 bridgehead atoms. The van der Waals surface area contributed by atoms with E-state index in [4.69, 9.17) is 30.5 Å². The van der Waals surface area contributed by atoms with E-state index in [0.717, 1.165) is 36.1 Å². The number of pyridine rings is 1. The number of carbonyl (C=O) groups is 1. The molecule has 7 nitrogen and oxygen atoms in total. The molecule has 0 saturated heterocycles. The number of hydrogen-bond donors (Lipinski definition) is 0. The van der Waals surface area contributed by atoms with Crippen molar-refractivity contribution >= 4 is 17.6 Å². The van der Waals surface area contributed by atoms with Crippen LogP contribution >= 0.6 is 11.6 Å². The highest BCUT2D eigenvalue weighted by atomic mass is 35.5. The molecule has 1 aromatic heterocycles. The second kappa shape index (κ2) is 9.16. The Bertz CT molecular complexity index is 1090. The first kappa shape index (κ1) is 22.7. The van der Waals surface area contributed by atoms with Gasteiger partial charge < -0.3 is 23.5 Å². The highest BCUT2D eigenvalue weighted by Crippen LogP contribution is 2.50. The van der Waals surface area contributed by atoms with Crippen LogP contribution < -0.4 is 15.0 Å². The minimum atomic E-state index is -0.640. The monoisotopic (exact) mass is 461 g/mol. The third kappa shape index (κ3) is 4.11. The summed E-state index contributed by atoms with van der Waals surface area (Å²) in [6, 6.07) is 5.25. The van der Waals surface area contributed by atoms with Gasteiger partial charge in [-0.1, -0.05) is 25.4 Å². The highest BCUT2D eigenvalue weighted by Gasteiger charge is 2.38. The summed E-state index contributed by atoms with van der Waals surface area (Å²) >= 11 is 6.56. The minimum Gasteiger partial charge on any atom is -0.492 e. The van der Waals surface area contributed by atoms with E-state index in [2.05, 4.69) is 0 Å². The molecule has 0 spiro atoms. The van der Waals surface area contributed by atoms with Crippen LogP contribution in [-0.2, 0) is 9.47 Å². The molecule has 0 N–H and O–H groups in total. The Labute approximate surface area is 192 Å². The predicted octanol–water partition coefficient (Wildman–Crippen LogP) is 4.80. The summed E-state index contributed by atoms with van der Waals surface area (Å²) in [4.78, 5) is 25.7. The molecule has 0 amide bonds. The molecule has 1 saturated carbocycles. The van der Waals surface area contributed by atoms with Gasteiger partial charge in [-0.05, 0) is 30.9 Å². The first-order valence-corrected chi connectivity index (χ1v) is 11.2. The number of rotatable bonds is 8. The first-order valence-electron chi connectivity index (χ1n) is 10.9. The molecule has 1 aliphatic carbocycles. The lowest BCUT2D eigenvalue weighted by Gasteiger charge is -2.33. The van der Waals surface area contributed by atoms with Crippen molar-refractivity contribution in [2.45, 2.75) is 45.3 Å². The van der Waals surface area contributed by atoms with E-state index in [-0.39, 0.29) is 29.2 Å². The lowest BCUT2D eigenvalue weighted by molar-refractivity contribution is 0.0597. The van der Waals surface area contributed by atoms with Crippen molar-refractivity contribution in [2.75, 3.05) is 27.4 Å². The van der Waals surface area contributed by atoms with Crippen molar-refractivity contribution < 1.29 is 23.7 Å². The summed E-state index contributed by atoms with van der Waals surface area (Å²) in [5.41, 5.74) is 1.97. The smallest absolute Gasteiger partial charge is 0.343 e. The molecule has 1 aromatic carbocycles. The third-order valence-electron chi connectivity index (χ3n) is 5.79. The summed E-state index contributed by atoms with van der Waals surface area (Å²) in [7, 11) is 2.93. The Morgan fingerprint density at radius 2 is 1.97 bits per heavy atom. The maximum absolute atomic E-state index is 13.3. The van der Waals surface area contributed by atoms with Crippen LogP contribution in [0.15, 0.2) is 23.0 Å². The number of aromatic nitrogens is 1. The zero-order valence-corrected chi connectivity index (χ0v) is 19.5. The van der Waals surface area contributed by atoms with E-state index in [0.29, 0.717) is 29.7 Å². The number of ether oxygens (including phenoxy) is 4. The summed E-state index contributed by atoms with van der Waals surface area (Å²) in [5.74, 6) is 0.596. The molecule has 1 aliphatic heterocycles. The second-order valence-electron chi connectivity index (χ2n) is 8.52. The molecular formula is C24H28ClNO6. The topological polar surface area (TPSA) is 76.0 Å². The largest absolute Gasteiger partial charge is 0.492 e. The van der Waals surface area contributed by atoms with Gasteiger partial charge in [-0.2, -0.15) is 0 Å². The summed E-state index contributed by atoms with van der Waals surface area (Å²) in [5, 5.41) is 0.436. The number of methoxy groups -OCH3 is 2. The maximum Gasteiger partial charge on any atom is 0.343 e. The van der Waals surface area contributed by atoms with E-state index in [1.165, 1.54) is 7.11 Å². The average Bonchev–Trinajstić information content (AvgIpc) is 3.60. The summed E-state index contributed by atoms with van der Waals surface area (Å²) < 4.78 is 23.9. The number of fused-ring (bicyclic) bond motifs is 3. The molecule has 2 aliphatic rings. The lowest BCUT2D eigenvalue weighted by atomic mass is 9.90. The predicted molar refractivity (Wildman–Crippen MR) is 121 cm³/mol. The number of nitrogens with zero attached hydrogens (tertiary/aromatic N) is 1. The maximum atomic E-state index is 13.3. The van der Waals surface area contributed by atoms with Gasteiger partial charge in [0.25, 0.3) is 5.56 Å². The van der Waals surface area contributed by atoms with Crippen LogP contribution in [0.3, 0.4) is 0 Å². The van der Waals surface area contributed by atoms with E-state index in [9.17, 15) is 9.59 Å². The van der Waals surface area contributed by atoms with Gasteiger partial charge in [0.15, 0.2) is 0 Å².